The van der Waals surface area contributed by atoms with E-state index < -0.39 is 0 Å². The lowest BCUT2D eigenvalue weighted by Crippen LogP contribution is -2.35. The van der Waals surface area contributed by atoms with Crippen molar-refractivity contribution in [1.82, 2.24) is 15.0 Å². The molecule has 4 rings (SSSR count). The van der Waals surface area contributed by atoms with E-state index >= 15 is 0 Å². The second-order valence-electron chi connectivity index (χ2n) is 6.88. The lowest BCUT2D eigenvalue weighted by Gasteiger charge is -2.29. The normalized spacial score (nSPS) is 13.1. The number of nitrogens with zero attached hydrogens (tertiary/aromatic N) is 3. The summed E-state index contributed by atoms with van der Waals surface area (Å²) < 4.78 is 16.2. The zero-order chi connectivity index (χ0) is 20.2. The molecule has 1 amide bonds. The first-order valence-electron chi connectivity index (χ1n) is 9.68. The highest BCUT2D eigenvalue weighted by Crippen LogP contribution is 2.25. The second kappa shape index (κ2) is 8.34. The van der Waals surface area contributed by atoms with Crippen LogP contribution in [-0.2, 0) is 19.6 Å². The van der Waals surface area contributed by atoms with Gasteiger partial charge in [-0.15, -0.1) is 0 Å². The van der Waals surface area contributed by atoms with Crippen LogP contribution >= 0.6 is 0 Å². The first-order valence-corrected chi connectivity index (χ1v) is 9.68. The zero-order valence-corrected chi connectivity index (χ0v) is 16.6. The standard InChI is InChI=1S/C22H23N3O4/c1-3-27-20-9-4-16-10-11-25(13-18(16)12-20)22(26)17-5-7-19(8-6-17)28-14-21-23-15(2)29-24-21/h4-9,12H,3,10-11,13-14H2,1-2H3. The van der Waals surface area contributed by atoms with Crippen LogP contribution < -0.4 is 9.47 Å². The Morgan fingerprint density at radius 2 is 1.90 bits per heavy atom. The molecule has 0 aliphatic carbocycles. The molecule has 0 radical (unpaired) electrons. The maximum absolute atomic E-state index is 12.9. The van der Waals surface area contributed by atoms with Crippen molar-refractivity contribution in [2.45, 2.75) is 33.4 Å². The number of hydrogen-bond donors (Lipinski definition) is 0. The molecule has 0 saturated heterocycles. The Balaban J connectivity index is 1.39. The molecule has 7 nitrogen and oxygen atoms in total. The molecule has 0 fully saturated rings. The van der Waals surface area contributed by atoms with Gasteiger partial charge < -0.3 is 18.9 Å². The topological polar surface area (TPSA) is 77.7 Å². The summed E-state index contributed by atoms with van der Waals surface area (Å²) in [5.41, 5.74) is 3.06. The summed E-state index contributed by atoms with van der Waals surface area (Å²) in [6, 6.07) is 13.3. The molecule has 0 saturated carbocycles. The summed E-state index contributed by atoms with van der Waals surface area (Å²) in [4.78, 5) is 18.9. The molecule has 1 aliphatic heterocycles. The van der Waals surface area contributed by atoms with E-state index in [9.17, 15) is 4.79 Å². The average molecular weight is 393 g/mol. The highest BCUT2D eigenvalue weighted by molar-refractivity contribution is 5.94. The Kier molecular flexibility index (Phi) is 5.46. The molecule has 3 aromatic rings. The maximum atomic E-state index is 12.9. The van der Waals surface area contributed by atoms with Gasteiger partial charge in [0.1, 0.15) is 11.5 Å². The van der Waals surface area contributed by atoms with Crippen LogP contribution in [0.3, 0.4) is 0 Å². The summed E-state index contributed by atoms with van der Waals surface area (Å²) in [5.74, 6) is 2.49. The fourth-order valence-corrected chi connectivity index (χ4v) is 3.39. The predicted octanol–water partition coefficient (Wildman–Crippen LogP) is 3.55. The number of carbonyl (C=O) groups is 1. The average Bonchev–Trinajstić information content (AvgIpc) is 3.17. The monoisotopic (exact) mass is 393 g/mol. The van der Waals surface area contributed by atoms with Crippen LogP contribution in [0.5, 0.6) is 11.5 Å². The minimum atomic E-state index is 0.0119. The van der Waals surface area contributed by atoms with E-state index in [2.05, 4.69) is 16.2 Å². The van der Waals surface area contributed by atoms with E-state index in [4.69, 9.17) is 14.0 Å². The van der Waals surface area contributed by atoms with Gasteiger partial charge in [0.25, 0.3) is 5.91 Å². The van der Waals surface area contributed by atoms with Gasteiger partial charge in [0.15, 0.2) is 6.61 Å². The van der Waals surface area contributed by atoms with Gasteiger partial charge in [-0.25, -0.2) is 0 Å². The van der Waals surface area contributed by atoms with Crippen LogP contribution in [0.1, 0.15) is 40.1 Å². The number of carbonyl (C=O) groups excluding carboxylic acids is 1. The van der Waals surface area contributed by atoms with Crippen molar-refractivity contribution in [3.05, 3.63) is 70.9 Å². The van der Waals surface area contributed by atoms with Gasteiger partial charge in [-0.1, -0.05) is 11.2 Å². The van der Waals surface area contributed by atoms with E-state index in [0.29, 0.717) is 42.7 Å². The van der Waals surface area contributed by atoms with E-state index in [1.807, 2.05) is 24.0 Å². The minimum Gasteiger partial charge on any atom is -0.494 e. The molecule has 0 spiro atoms. The molecular weight excluding hydrogens is 370 g/mol. The van der Waals surface area contributed by atoms with E-state index in [-0.39, 0.29) is 12.5 Å². The van der Waals surface area contributed by atoms with Gasteiger partial charge >= 0.3 is 0 Å². The lowest BCUT2D eigenvalue weighted by molar-refractivity contribution is 0.0734. The summed E-state index contributed by atoms with van der Waals surface area (Å²) in [6.45, 7) is 5.83. The van der Waals surface area contributed by atoms with Crippen molar-refractivity contribution in [2.75, 3.05) is 13.2 Å². The third-order valence-electron chi connectivity index (χ3n) is 4.83. The number of rotatable bonds is 6. The molecule has 1 aliphatic rings. The Morgan fingerprint density at radius 1 is 1.10 bits per heavy atom. The molecule has 7 heteroatoms. The van der Waals surface area contributed by atoms with Crippen LogP contribution in [0.25, 0.3) is 0 Å². The molecule has 29 heavy (non-hydrogen) atoms. The van der Waals surface area contributed by atoms with E-state index in [1.54, 1.807) is 31.2 Å². The Labute approximate surface area is 169 Å². The largest absolute Gasteiger partial charge is 0.494 e. The molecule has 2 heterocycles. The summed E-state index contributed by atoms with van der Waals surface area (Å²) in [7, 11) is 0. The van der Waals surface area contributed by atoms with Crippen molar-refractivity contribution in [1.29, 1.82) is 0 Å². The van der Waals surface area contributed by atoms with Crippen molar-refractivity contribution >= 4 is 5.91 Å². The molecule has 1 aromatic heterocycles. The van der Waals surface area contributed by atoms with Gasteiger partial charge in [-0.2, -0.15) is 4.98 Å². The Morgan fingerprint density at radius 3 is 2.62 bits per heavy atom. The molecule has 150 valence electrons. The molecule has 2 aromatic carbocycles. The number of ether oxygens (including phenoxy) is 2. The Hall–Kier alpha value is -3.35. The first-order chi connectivity index (χ1) is 14.1. The summed E-state index contributed by atoms with van der Waals surface area (Å²) >= 11 is 0. The molecule has 0 N–H and O–H groups in total. The highest BCUT2D eigenvalue weighted by Gasteiger charge is 2.22. The highest BCUT2D eigenvalue weighted by atomic mass is 16.5. The van der Waals surface area contributed by atoms with Crippen molar-refractivity contribution < 1.29 is 18.8 Å². The van der Waals surface area contributed by atoms with Crippen LogP contribution in [0.15, 0.2) is 47.0 Å². The van der Waals surface area contributed by atoms with Crippen LogP contribution in [0.2, 0.25) is 0 Å². The van der Waals surface area contributed by atoms with Gasteiger partial charge in [0.05, 0.1) is 6.61 Å². The number of hydrogen-bond acceptors (Lipinski definition) is 6. The van der Waals surface area contributed by atoms with Crippen molar-refractivity contribution in [2.24, 2.45) is 0 Å². The lowest BCUT2D eigenvalue weighted by atomic mass is 9.99. The van der Waals surface area contributed by atoms with E-state index in [1.165, 1.54) is 5.56 Å². The first kappa shape index (κ1) is 19.0. The smallest absolute Gasteiger partial charge is 0.254 e. The van der Waals surface area contributed by atoms with Crippen molar-refractivity contribution in [3.8, 4) is 11.5 Å². The number of aryl methyl sites for hydroxylation is 1. The number of benzene rings is 2. The van der Waals surface area contributed by atoms with Crippen LogP contribution in [-0.4, -0.2) is 34.1 Å². The fourth-order valence-electron chi connectivity index (χ4n) is 3.39. The molecule has 0 unspecified atom stereocenters. The predicted molar refractivity (Wildman–Crippen MR) is 106 cm³/mol. The third kappa shape index (κ3) is 4.39. The number of aromatic nitrogens is 2. The van der Waals surface area contributed by atoms with Crippen LogP contribution in [0, 0.1) is 6.92 Å². The molecular formula is C22H23N3O4. The SMILES string of the molecule is CCOc1ccc2c(c1)CN(C(=O)c1ccc(OCc3noc(C)n3)cc1)CC2. The summed E-state index contributed by atoms with van der Waals surface area (Å²) in [6.07, 6.45) is 0.846. The molecule has 0 bridgehead atoms. The second-order valence-corrected chi connectivity index (χ2v) is 6.88. The van der Waals surface area contributed by atoms with Gasteiger partial charge in [0.2, 0.25) is 11.7 Å². The van der Waals surface area contributed by atoms with Gasteiger partial charge in [-0.05, 0) is 60.9 Å². The van der Waals surface area contributed by atoms with Gasteiger partial charge in [0, 0.05) is 25.6 Å². The quantitative estimate of drug-likeness (QED) is 0.637. The third-order valence-corrected chi connectivity index (χ3v) is 4.83. The molecule has 0 atom stereocenters. The van der Waals surface area contributed by atoms with Crippen LogP contribution in [0.4, 0.5) is 0 Å². The fraction of sp³-hybridized carbons (Fsp3) is 0.318. The maximum Gasteiger partial charge on any atom is 0.254 e. The Bertz CT molecular complexity index is 998. The van der Waals surface area contributed by atoms with Crippen molar-refractivity contribution in [3.63, 3.8) is 0 Å². The summed E-state index contributed by atoms with van der Waals surface area (Å²) in [5, 5.41) is 3.79. The number of amides is 1. The zero-order valence-electron chi connectivity index (χ0n) is 16.6. The van der Waals surface area contributed by atoms with Gasteiger partial charge in [-0.3, -0.25) is 4.79 Å². The minimum absolute atomic E-state index is 0.0119. The van der Waals surface area contributed by atoms with E-state index in [0.717, 1.165) is 17.7 Å². The number of fused-ring (bicyclic) bond motifs is 1.